The van der Waals surface area contributed by atoms with Gasteiger partial charge in [0.1, 0.15) is 5.75 Å². The van der Waals surface area contributed by atoms with E-state index < -0.39 is 0 Å². The fourth-order valence-electron chi connectivity index (χ4n) is 2.40. The Balaban J connectivity index is 2.51. The normalized spacial score (nSPS) is 10.7. The molecule has 3 nitrogen and oxygen atoms in total. The number of rotatable bonds is 3. The first kappa shape index (κ1) is 12.7. The first-order valence-corrected chi connectivity index (χ1v) is 6.11. The van der Waals surface area contributed by atoms with E-state index in [-0.39, 0.29) is 0 Å². The summed E-state index contributed by atoms with van der Waals surface area (Å²) >= 11 is 0. The molecule has 18 heavy (non-hydrogen) atoms. The number of hydrogen-bond acceptors (Lipinski definition) is 2. The summed E-state index contributed by atoms with van der Waals surface area (Å²) in [6.07, 6.45) is 0. The predicted molar refractivity (Wildman–Crippen MR) is 74.9 cm³/mol. The van der Waals surface area contributed by atoms with Gasteiger partial charge < -0.3 is 15.5 Å². The van der Waals surface area contributed by atoms with Crippen LogP contribution in [0.4, 0.5) is 0 Å². The van der Waals surface area contributed by atoms with Crippen LogP contribution in [0.3, 0.4) is 0 Å². The van der Waals surface area contributed by atoms with Crippen molar-refractivity contribution in [3.05, 3.63) is 40.6 Å². The molecular formula is C15H20N2O. The summed E-state index contributed by atoms with van der Waals surface area (Å²) in [5.74, 6) is 0.959. The molecule has 0 amide bonds. The molecular weight excluding hydrogens is 224 g/mol. The maximum absolute atomic E-state index is 5.71. The van der Waals surface area contributed by atoms with Gasteiger partial charge in [-0.05, 0) is 61.2 Å². The summed E-state index contributed by atoms with van der Waals surface area (Å²) < 4.78 is 5.39. The number of ether oxygens (including phenoxy) is 1. The third-order valence-corrected chi connectivity index (χ3v) is 3.32. The summed E-state index contributed by atoms with van der Waals surface area (Å²) in [7, 11) is 1.71. The summed E-state index contributed by atoms with van der Waals surface area (Å²) in [6.45, 7) is 6.75. The lowest BCUT2D eigenvalue weighted by molar-refractivity contribution is 0.408. The molecule has 2 aromatic rings. The van der Waals surface area contributed by atoms with Gasteiger partial charge in [-0.15, -0.1) is 0 Å². The van der Waals surface area contributed by atoms with Gasteiger partial charge >= 0.3 is 0 Å². The fourth-order valence-corrected chi connectivity index (χ4v) is 2.40. The molecule has 0 aliphatic carbocycles. The number of benzene rings is 1. The molecule has 0 radical (unpaired) electrons. The van der Waals surface area contributed by atoms with Crippen molar-refractivity contribution >= 4 is 0 Å². The highest BCUT2D eigenvalue weighted by Crippen LogP contribution is 2.30. The van der Waals surface area contributed by atoms with Crippen LogP contribution in [-0.2, 0) is 6.54 Å². The standard InChI is InChI=1S/C15H20N2O/c1-9-5-12(6-10(2)15(9)18-4)14-7-13(8-16)11(3)17-14/h5-7,17H,8,16H2,1-4H3. The third-order valence-electron chi connectivity index (χ3n) is 3.32. The molecule has 1 heterocycles. The summed E-state index contributed by atoms with van der Waals surface area (Å²) in [6, 6.07) is 6.39. The lowest BCUT2D eigenvalue weighted by Crippen LogP contribution is -1.95. The van der Waals surface area contributed by atoms with Crippen LogP contribution in [0.2, 0.25) is 0 Å². The van der Waals surface area contributed by atoms with Gasteiger partial charge in [0.2, 0.25) is 0 Å². The number of hydrogen-bond donors (Lipinski definition) is 2. The predicted octanol–water partition coefficient (Wildman–Crippen LogP) is 3.07. The van der Waals surface area contributed by atoms with Crippen molar-refractivity contribution in [2.45, 2.75) is 27.3 Å². The number of aromatic nitrogens is 1. The largest absolute Gasteiger partial charge is 0.496 e. The van der Waals surface area contributed by atoms with Crippen LogP contribution in [0.1, 0.15) is 22.4 Å². The van der Waals surface area contributed by atoms with Crippen molar-refractivity contribution < 1.29 is 4.74 Å². The Hall–Kier alpha value is -1.74. The Bertz CT molecular complexity index is 547. The van der Waals surface area contributed by atoms with Gasteiger partial charge in [-0.3, -0.25) is 0 Å². The number of methoxy groups -OCH3 is 1. The van der Waals surface area contributed by atoms with Crippen molar-refractivity contribution in [2.75, 3.05) is 7.11 Å². The number of nitrogens with one attached hydrogen (secondary N) is 1. The van der Waals surface area contributed by atoms with E-state index in [1.54, 1.807) is 7.11 Å². The zero-order valence-electron chi connectivity index (χ0n) is 11.4. The Morgan fingerprint density at radius 3 is 2.17 bits per heavy atom. The number of nitrogens with two attached hydrogens (primary N) is 1. The quantitative estimate of drug-likeness (QED) is 0.871. The molecule has 2 rings (SSSR count). The van der Waals surface area contributed by atoms with E-state index in [1.165, 1.54) is 5.56 Å². The van der Waals surface area contributed by atoms with Crippen LogP contribution in [0.5, 0.6) is 5.75 Å². The zero-order chi connectivity index (χ0) is 13.3. The average molecular weight is 244 g/mol. The highest BCUT2D eigenvalue weighted by atomic mass is 16.5. The summed E-state index contributed by atoms with van der Waals surface area (Å²) in [5.41, 5.74) is 12.6. The molecule has 0 saturated carbocycles. The van der Waals surface area contributed by atoms with Crippen molar-refractivity contribution in [1.82, 2.24) is 4.98 Å². The fraction of sp³-hybridized carbons (Fsp3) is 0.333. The Labute approximate surface area is 108 Å². The van der Waals surface area contributed by atoms with E-state index in [2.05, 4.69) is 44.0 Å². The minimum atomic E-state index is 0.566. The second-order valence-electron chi connectivity index (χ2n) is 4.68. The lowest BCUT2D eigenvalue weighted by Gasteiger charge is -2.10. The van der Waals surface area contributed by atoms with E-state index in [1.807, 2.05) is 0 Å². The molecule has 96 valence electrons. The highest BCUT2D eigenvalue weighted by Gasteiger charge is 2.09. The Morgan fingerprint density at radius 2 is 1.72 bits per heavy atom. The second kappa shape index (κ2) is 4.86. The molecule has 0 fully saturated rings. The first-order valence-electron chi connectivity index (χ1n) is 6.11. The van der Waals surface area contributed by atoms with E-state index in [4.69, 9.17) is 10.5 Å². The summed E-state index contributed by atoms with van der Waals surface area (Å²) in [5, 5.41) is 0. The minimum absolute atomic E-state index is 0.566. The van der Waals surface area contributed by atoms with E-state index in [0.717, 1.165) is 33.8 Å². The molecule has 1 aromatic carbocycles. The maximum Gasteiger partial charge on any atom is 0.124 e. The molecule has 0 spiro atoms. The third kappa shape index (κ3) is 2.14. The maximum atomic E-state index is 5.71. The van der Waals surface area contributed by atoms with Crippen LogP contribution >= 0.6 is 0 Å². The SMILES string of the molecule is COc1c(C)cc(-c2cc(CN)c(C)[nH]2)cc1C. The minimum Gasteiger partial charge on any atom is -0.496 e. The molecule has 3 heteroatoms. The molecule has 0 aliphatic heterocycles. The smallest absolute Gasteiger partial charge is 0.124 e. The van der Waals surface area contributed by atoms with E-state index >= 15 is 0 Å². The zero-order valence-corrected chi connectivity index (χ0v) is 11.4. The van der Waals surface area contributed by atoms with Crippen LogP contribution in [0.15, 0.2) is 18.2 Å². The van der Waals surface area contributed by atoms with E-state index in [9.17, 15) is 0 Å². The van der Waals surface area contributed by atoms with Gasteiger partial charge in [0.25, 0.3) is 0 Å². The molecule has 3 N–H and O–H groups in total. The Morgan fingerprint density at radius 1 is 1.11 bits per heavy atom. The van der Waals surface area contributed by atoms with Crippen LogP contribution < -0.4 is 10.5 Å². The average Bonchev–Trinajstić information content (AvgIpc) is 2.70. The van der Waals surface area contributed by atoms with Crippen molar-refractivity contribution in [1.29, 1.82) is 0 Å². The number of aryl methyl sites for hydroxylation is 3. The van der Waals surface area contributed by atoms with Gasteiger partial charge in [0.15, 0.2) is 0 Å². The number of aromatic amines is 1. The lowest BCUT2D eigenvalue weighted by atomic mass is 10.0. The molecule has 0 bridgehead atoms. The molecule has 0 atom stereocenters. The Kier molecular flexibility index (Phi) is 3.43. The molecule has 1 aromatic heterocycles. The summed E-state index contributed by atoms with van der Waals surface area (Å²) in [4.78, 5) is 3.38. The van der Waals surface area contributed by atoms with Gasteiger partial charge in [-0.25, -0.2) is 0 Å². The highest BCUT2D eigenvalue weighted by molar-refractivity contribution is 5.65. The van der Waals surface area contributed by atoms with Crippen LogP contribution in [-0.4, -0.2) is 12.1 Å². The van der Waals surface area contributed by atoms with Crippen molar-refractivity contribution in [3.8, 4) is 17.0 Å². The van der Waals surface area contributed by atoms with Crippen molar-refractivity contribution in [3.63, 3.8) is 0 Å². The monoisotopic (exact) mass is 244 g/mol. The van der Waals surface area contributed by atoms with Crippen LogP contribution in [0, 0.1) is 20.8 Å². The first-order chi connectivity index (χ1) is 8.56. The van der Waals surface area contributed by atoms with Crippen LogP contribution in [0.25, 0.3) is 11.3 Å². The van der Waals surface area contributed by atoms with Gasteiger partial charge in [0.05, 0.1) is 7.11 Å². The van der Waals surface area contributed by atoms with Gasteiger partial charge in [-0.1, -0.05) is 0 Å². The second-order valence-corrected chi connectivity index (χ2v) is 4.68. The van der Waals surface area contributed by atoms with Gasteiger partial charge in [0, 0.05) is 17.9 Å². The van der Waals surface area contributed by atoms with Crippen molar-refractivity contribution in [2.24, 2.45) is 5.73 Å². The molecule has 0 unspecified atom stereocenters. The van der Waals surface area contributed by atoms with E-state index in [0.29, 0.717) is 6.54 Å². The van der Waals surface area contributed by atoms with Gasteiger partial charge in [-0.2, -0.15) is 0 Å². The number of H-pyrrole nitrogens is 1. The molecule has 0 saturated heterocycles. The topological polar surface area (TPSA) is 51.0 Å². The molecule has 0 aliphatic rings.